The van der Waals surface area contributed by atoms with Crippen LogP contribution in [-0.2, 0) is 15.1 Å². The SMILES string of the molecule is C=CCOC(=O)N[C@](C)(C(=O)O)c1ccccc1. The molecule has 1 rings (SSSR count). The van der Waals surface area contributed by atoms with Gasteiger partial charge < -0.3 is 15.2 Å². The van der Waals surface area contributed by atoms with Crippen LogP contribution in [0.25, 0.3) is 0 Å². The molecule has 96 valence electrons. The lowest BCUT2D eigenvalue weighted by atomic mass is 9.92. The predicted octanol–water partition coefficient (Wildman–Crippen LogP) is 1.90. The summed E-state index contributed by atoms with van der Waals surface area (Å²) >= 11 is 0. The van der Waals surface area contributed by atoms with Crippen LogP contribution in [0.3, 0.4) is 0 Å². The molecule has 1 amide bonds. The van der Waals surface area contributed by atoms with Gasteiger partial charge in [-0.3, -0.25) is 0 Å². The molecule has 0 aliphatic rings. The van der Waals surface area contributed by atoms with Crippen LogP contribution < -0.4 is 5.32 Å². The maximum absolute atomic E-state index is 11.5. The van der Waals surface area contributed by atoms with E-state index in [1.165, 1.54) is 13.0 Å². The third-order valence-corrected chi connectivity index (χ3v) is 2.46. The number of carbonyl (C=O) groups is 2. The van der Waals surface area contributed by atoms with E-state index in [9.17, 15) is 14.7 Å². The first-order valence-corrected chi connectivity index (χ1v) is 5.35. The van der Waals surface area contributed by atoms with Crippen LogP contribution in [0.2, 0.25) is 0 Å². The molecule has 0 radical (unpaired) electrons. The van der Waals surface area contributed by atoms with Gasteiger partial charge in [-0.15, -0.1) is 0 Å². The predicted molar refractivity (Wildman–Crippen MR) is 66.1 cm³/mol. The number of aliphatic carboxylic acids is 1. The van der Waals surface area contributed by atoms with E-state index in [2.05, 4.69) is 11.9 Å². The molecule has 5 heteroatoms. The van der Waals surface area contributed by atoms with Crippen LogP contribution in [0.4, 0.5) is 4.79 Å². The second kappa shape index (κ2) is 5.86. The minimum Gasteiger partial charge on any atom is -0.479 e. The fraction of sp³-hybridized carbons (Fsp3) is 0.231. The summed E-state index contributed by atoms with van der Waals surface area (Å²) in [5, 5.41) is 11.6. The molecule has 0 saturated heterocycles. The number of carboxylic acid groups (broad SMARTS) is 1. The van der Waals surface area contributed by atoms with Crippen molar-refractivity contribution in [2.75, 3.05) is 6.61 Å². The minimum absolute atomic E-state index is 0.0241. The van der Waals surface area contributed by atoms with E-state index in [1.807, 2.05) is 0 Å². The molecule has 5 nitrogen and oxygen atoms in total. The number of hydrogen-bond donors (Lipinski definition) is 2. The molecule has 0 spiro atoms. The first-order chi connectivity index (χ1) is 8.50. The van der Waals surface area contributed by atoms with Crippen molar-refractivity contribution < 1.29 is 19.4 Å². The maximum atomic E-state index is 11.5. The highest BCUT2D eigenvalue weighted by molar-refractivity contribution is 5.85. The number of amides is 1. The number of benzene rings is 1. The van der Waals surface area contributed by atoms with Crippen LogP contribution in [0.15, 0.2) is 43.0 Å². The summed E-state index contributed by atoms with van der Waals surface area (Å²) in [6, 6.07) is 8.42. The van der Waals surface area contributed by atoms with Crippen LogP contribution in [-0.4, -0.2) is 23.8 Å². The summed E-state index contributed by atoms with van der Waals surface area (Å²) in [5.41, 5.74) is -1.06. The summed E-state index contributed by atoms with van der Waals surface area (Å²) < 4.78 is 4.73. The molecule has 1 aromatic rings. The minimum atomic E-state index is -1.53. The Kier molecular flexibility index (Phi) is 4.48. The zero-order valence-electron chi connectivity index (χ0n) is 10.1. The molecule has 18 heavy (non-hydrogen) atoms. The molecule has 0 fully saturated rings. The molecule has 0 bridgehead atoms. The number of carboxylic acids is 1. The van der Waals surface area contributed by atoms with Crippen molar-refractivity contribution in [3.05, 3.63) is 48.6 Å². The zero-order chi connectivity index (χ0) is 13.6. The Balaban J connectivity index is 2.92. The molecule has 0 heterocycles. The molecule has 0 aliphatic heterocycles. The van der Waals surface area contributed by atoms with Gasteiger partial charge >= 0.3 is 12.1 Å². The Labute approximate surface area is 105 Å². The Bertz CT molecular complexity index is 444. The second-order valence-corrected chi connectivity index (χ2v) is 3.81. The second-order valence-electron chi connectivity index (χ2n) is 3.81. The standard InChI is InChI=1S/C13H15NO4/c1-3-9-18-12(17)14-13(2,11(15)16)10-7-5-4-6-8-10/h3-8H,1,9H2,2H3,(H,14,17)(H,15,16)/t13-/m0/s1. The van der Waals surface area contributed by atoms with Gasteiger partial charge in [0.15, 0.2) is 5.54 Å². The number of carbonyl (C=O) groups excluding carboxylic acids is 1. The highest BCUT2D eigenvalue weighted by atomic mass is 16.5. The van der Waals surface area contributed by atoms with E-state index >= 15 is 0 Å². The Morgan fingerprint density at radius 3 is 2.56 bits per heavy atom. The van der Waals surface area contributed by atoms with Crippen molar-refractivity contribution in [3.63, 3.8) is 0 Å². The van der Waals surface area contributed by atoms with E-state index in [-0.39, 0.29) is 6.61 Å². The Morgan fingerprint density at radius 2 is 2.06 bits per heavy atom. The first-order valence-electron chi connectivity index (χ1n) is 5.35. The molecule has 1 aromatic carbocycles. The van der Waals surface area contributed by atoms with Gasteiger partial charge in [0.25, 0.3) is 0 Å². The van der Waals surface area contributed by atoms with Gasteiger partial charge in [-0.05, 0) is 12.5 Å². The number of nitrogens with one attached hydrogen (secondary N) is 1. The van der Waals surface area contributed by atoms with Crippen molar-refractivity contribution >= 4 is 12.1 Å². The summed E-state index contributed by atoms with van der Waals surface area (Å²) in [6.07, 6.45) is 0.601. The maximum Gasteiger partial charge on any atom is 0.408 e. The lowest BCUT2D eigenvalue weighted by Gasteiger charge is -2.26. The quantitative estimate of drug-likeness (QED) is 0.781. The number of alkyl carbamates (subject to hydrolysis) is 1. The van der Waals surface area contributed by atoms with Gasteiger partial charge in [0.05, 0.1) is 0 Å². The summed E-state index contributed by atoms with van der Waals surface area (Å²) in [5.74, 6) is -1.16. The van der Waals surface area contributed by atoms with E-state index < -0.39 is 17.6 Å². The zero-order valence-corrected chi connectivity index (χ0v) is 10.1. The molecule has 0 aromatic heterocycles. The van der Waals surface area contributed by atoms with E-state index in [4.69, 9.17) is 4.74 Å². The molecule has 1 atom stereocenters. The lowest BCUT2D eigenvalue weighted by molar-refractivity contribution is -0.144. The first kappa shape index (κ1) is 13.8. The van der Waals surface area contributed by atoms with E-state index in [1.54, 1.807) is 30.3 Å². The fourth-order valence-electron chi connectivity index (χ4n) is 1.40. The summed E-state index contributed by atoms with van der Waals surface area (Å²) in [4.78, 5) is 22.8. The third-order valence-electron chi connectivity index (χ3n) is 2.46. The van der Waals surface area contributed by atoms with Gasteiger partial charge in [0, 0.05) is 0 Å². The van der Waals surface area contributed by atoms with Gasteiger partial charge in [0.1, 0.15) is 6.61 Å². The number of ether oxygens (including phenoxy) is 1. The topological polar surface area (TPSA) is 75.6 Å². The van der Waals surface area contributed by atoms with Gasteiger partial charge in [-0.1, -0.05) is 43.0 Å². The average molecular weight is 249 g/mol. The summed E-state index contributed by atoms with van der Waals surface area (Å²) in [7, 11) is 0. The number of rotatable bonds is 5. The monoisotopic (exact) mass is 249 g/mol. The normalized spacial score (nSPS) is 13.2. The van der Waals surface area contributed by atoms with Crippen molar-refractivity contribution in [1.29, 1.82) is 0 Å². The van der Waals surface area contributed by atoms with Gasteiger partial charge in [-0.25, -0.2) is 9.59 Å². The molecule has 0 aliphatic carbocycles. The Hall–Kier alpha value is -2.30. The van der Waals surface area contributed by atoms with Crippen LogP contribution in [0.1, 0.15) is 12.5 Å². The van der Waals surface area contributed by atoms with Gasteiger partial charge in [0.2, 0.25) is 0 Å². The van der Waals surface area contributed by atoms with Crippen molar-refractivity contribution in [1.82, 2.24) is 5.32 Å². The highest BCUT2D eigenvalue weighted by Gasteiger charge is 2.37. The smallest absolute Gasteiger partial charge is 0.408 e. The molecule has 0 unspecified atom stereocenters. The molecule has 2 N–H and O–H groups in total. The Morgan fingerprint density at radius 1 is 1.44 bits per heavy atom. The van der Waals surface area contributed by atoms with E-state index in [0.717, 1.165) is 0 Å². The van der Waals surface area contributed by atoms with Crippen LogP contribution in [0.5, 0.6) is 0 Å². The lowest BCUT2D eigenvalue weighted by Crippen LogP contribution is -2.49. The summed E-state index contributed by atoms with van der Waals surface area (Å²) in [6.45, 7) is 4.83. The van der Waals surface area contributed by atoms with Crippen LogP contribution in [0, 0.1) is 0 Å². The average Bonchev–Trinajstić information content (AvgIpc) is 2.37. The van der Waals surface area contributed by atoms with Crippen molar-refractivity contribution in [2.45, 2.75) is 12.5 Å². The highest BCUT2D eigenvalue weighted by Crippen LogP contribution is 2.20. The van der Waals surface area contributed by atoms with Crippen molar-refractivity contribution in [3.8, 4) is 0 Å². The van der Waals surface area contributed by atoms with E-state index in [0.29, 0.717) is 5.56 Å². The molecular weight excluding hydrogens is 234 g/mol. The van der Waals surface area contributed by atoms with Crippen molar-refractivity contribution in [2.24, 2.45) is 0 Å². The fourth-order valence-corrected chi connectivity index (χ4v) is 1.40. The molecular formula is C13H15NO4. The largest absolute Gasteiger partial charge is 0.479 e. The number of hydrogen-bond acceptors (Lipinski definition) is 3. The van der Waals surface area contributed by atoms with Gasteiger partial charge in [-0.2, -0.15) is 0 Å². The third kappa shape index (κ3) is 3.10. The van der Waals surface area contributed by atoms with Crippen LogP contribution >= 0.6 is 0 Å². The molecule has 0 saturated carbocycles.